The molecule has 0 fully saturated rings. The third-order valence-corrected chi connectivity index (χ3v) is 5.24. The Morgan fingerprint density at radius 1 is 0.795 bits per heavy atom. The second-order valence-corrected chi connectivity index (χ2v) is 8.17. The van der Waals surface area contributed by atoms with Crippen LogP contribution < -0.4 is 25.5 Å². The second-order valence-electron chi connectivity index (χ2n) is 8.17. The van der Waals surface area contributed by atoms with Crippen molar-refractivity contribution in [3.05, 3.63) is 114 Å². The van der Waals surface area contributed by atoms with Crippen LogP contribution in [0.25, 0.3) is 0 Å². The Hall–Kier alpha value is -5.38. The van der Waals surface area contributed by atoms with Gasteiger partial charge in [-0.3, -0.25) is 14.4 Å². The van der Waals surface area contributed by atoms with Crippen LogP contribution in [-0.2, 0) is 27.5 Å². The zero-order valence-corrected chi connectivity index (χ0v) is 20.8. The van der Waals surface area contributed by atoms with Crippen molar-refractivity contribution in [2.24, 2.45) is 5.10 Å². The SMILES string of the molecule is O=C(COc1ccc(/C=N\NC(=O)C(=O)Nc2ccc(OCc3ccccc3)cc2)cc1)NCc1ccco1. The molecule has 0 radical (unpaired) electrons. The molecule has 198 valence electrons. The minimum Gasteiger partial charge on any atom is -0.489 e. The molecule has 0 bridgehead atoms. The van der Waals surface area contributed by atoms with Crippen LogP contribution in [0, 0.1) is 0 Å². The van der Waals surface area contributed by atoms with Gasteiger partial charge in [0.25, 0.3) is 5.91 Å². The highest BCUT2D eigenvalue weighted by Crippen LogP contribution is 2.17. The van der Waals surface area contributed by atoms with Crippen LogP contribution in [0.4, 0.5) is 5.69 Å². The van der Waals surface area contributed by atoms with Gasteiger partial charge in [0.15, 0.2) is 6.61 Å². The van der Waals surface area contributed by atoms with Crippen molar-refractivity contribution in [3.63, 3.8) is 0 Å². The van der Waals surface area contributed by atoms with E-state index in [1.807, 2.05) is 30.3 Å². The number of furan rings is 1. The van der Waals surface area contributed by atoms with Gasteiger partial charge in [-0.2, -0.15) is 5.10 Å². The van der Waals surface area contributed by atoms with Gasteiger partial charge in [-0.25, -0.2) is 5.43 Å². The molecule has 4 aromatic rings. The summed E-state index contributed by atoms with van der Waals surface area (Å²) in [5.74, 6) is -0.299. The molecule has 0 saturated carbocycles. The molecule has 0 spiro atoms. The molecule has 3 aromatic carbocycles. The number of carbonyl (C=O) groups excluding carboxylic acids is 3. The Bertz CT molecular complexity index is 1390. The molecule has 0 aliphatic carbocycles. The number of ether oxygens (including phenoxy) is 2. The number of nitrogens with one attached hydrogen (secondary N) is 3. The summed E-state index contributed by atoms with van der Waals surface area (Å²) in [6.07, 6.45) is 2.91. The first-order chi connectivity index (χ1) is 19.0. The van der Waals surface area contributed by atoms with Crippen LogP contribution in [0.15, 0.2) is 107 Å². The van der Waals surface area contributed by atoms with Crippen LogP contribution in [0.2, 0.25) is 0 Å². The van der Waals surface area contributed by atoms with Crippen molar-refractivity contribution in [1.29, 1.82) is 0 Å². The van der Waals surface area contributed by atoms with Crippen molar-refractivity contribution in [3.8, 4) is 11.5 Å². The molecule has 3 amide bonds. The van der Waals surface area contributed by atoms with Gasteiger partial charge < -0.3 is 24.5 Å². The monoisotopic (exact) mass is 526 g/mol. The predicted molar refractivity (Wildman–Crippen MR) is 144 cm³/mol. The first-order valence-electron chi connectivity index (χ1n) is 12.0. The Morgan fingerprint density at radius 2 is 1.51 bits per heavy atom. The second kappa shape index (κ2) is 13.8. The molecule has 1 heterocycles. The van der Waals surface area contributed by atoms with E-state index in [0.717, 1.165) is 5.56 Å². The average molecular weight is 527 g/mol. The first-order valence-corrected chi connectivity index (χ1v) is 12.0. The minimum absolute atomic E-state index is 0.150. The summed E-state index contributed by atoms with van der Waals surface area (Å²) in [4.78, 5) is 36.1. The van der Waals surface area contributed by atoms with Gasteiger partial charge in [-0.1, -0.05) is 30.3 Å². The fourth-order valence-corrected chi connectivity index (χ4v) is 3.23. The summed E-state index contributed by atoms with van der Waals surface area (Å²) in [6, 6.07) is 26.6. The molecule has 39 heavy (non-hydrogen) atoms. The van der Waals surface area contributed by atoms with Crippen molar-refractivity contribution in [1.82, 2.24) is 10.7 Å². The highest BCUT2D eigenvalue weighted by molar-refractivity contribution is 6.39. The molecule has 0 unspecified atom stereocenters. The average Bonchev–Trinajstić information content (AvgIpc) is 3.49. The van der Waals surface area contributed by atoms with Gasteiger partial charge in [-0.05, 0) is 71.8 Å². The predicted octanol–water partition coefficient (Wildman–Crippen LogP) is 3.64. The molecule has 3 N–H and O–H groups in total. The van der Waals surface area contributed by atoms with E-state index in [9.17, 15) is 14.4 Å². The van der Waals surface area contributed by atoms with Gasteiger partial charge in [0, 0.05) is 5.69 Å². The standard InChI is InChI=1S/C29H26N4O6/c34-27(30-18-26-7-4-16-37-26)20-39-24-12-8-21(9-13-24)17-31-33-29(36)28(35)32-23-10-14-25(15-11-23)38-19-22-5-2-1-3-6-22/h1-17H,18-20H2,(H,30,34)(H,32,35)(H,33,36)/b31-17-. The lowest BCUT2D eigenvalue weighted by Gasteiger charge is -2.08. The fraction of sp³-hybridized carbons (Fsp3) is 0.103. The van der Waals surface area contributed by atoms with E-state index in [-0.39, 0.29) is 19.1 Å². The number of hydrogen-bond acceptors (Lipinski definition) is 7. The summed E-state index contributed by atoms with van der Waals surface area (Å²) in [5, 5.41) is 8.99. The van der Waals surface area contributed by atoms with Crippen LogP contribution in [-0.4, -0.2) is 30.5 Å². The molecular formula is C29H26N4O6. The minimum atomic E-state index is -0.920. The van der Waals surface area contributed by atoms with Crippen molar-refractivity contribution < 1.29 is 28.3 Å². The molecule has 1 aromatic heterocycles. The zero-order valence-electron chi connectivity index (χ0n) is 20.8. The van der Waals surface area contributed by atoms with Crippen LogP contribution in [0.1, 0.15) is 16.9 Å². The Labute approximate surface area is 224 Å². The van der Waals surface area contributed by atoms with Crippen molar-refractivity contribution in [2.75, 3.05) is 11.9 Å². The summed E-state index contributed by atoms with van der Waals surface area (Å²) in [7, 11) is 0. The molecule has 0 atom stereocenters. The maximum Gasteiger partial charge on any atom is 0.329 e. The number of rotatable bonds is 11. The maximum atomic E-state index is 12.2. The number of hydrogen-bond donors (Lipinski definition) is 3. The number of nitrogens with zero attached hydrogens (tertiary/aromatic N) is 1. The van der Waals surface area contributed by atoms with E-state index < -0.39 is 11.8 Å². The fourth-order valence-electron chi connectivity index (χ4n) is 3.23. The molecule has 4 rings (SSSR count). The molecule has 0 saturated heterocycles. The van der Waals surface area contributed by atoms with E-state index in [2.05, 4.69) is 21.2 Å². The summed E-state index contributed by atoms with van der Waals surface area (Å²) in [6.45, 7) is 0.556. The Morgan fingerprint density at radius 3 is 2.23 bits per heavy atom. The highest BCUT2D eigenvalue weighted by atomic mass is 16.5. The lowest BCUT2D eigenvalue weighted by atomic mass is 10.2. The normalized spacial score (nSPS) is 10.6. The van der Waals surface area contributed by atoms with E-state index in [1.165, 1.54) is 12.5 Å². The lowest BCUT2D eigenvalue weighted by molar-refractivity contribution is -0.136. The summed E-state index contributed by atoms with van der Waals surface area (Å²) < 4.78 is 16.3. The molecular weight excluding hydrogens is 500 g/mol. The largest absolute Gasteiger partial charge is 0.489 e. The maximum absolute atomic E-state index is 12.2. The van der Waals surface area contributed by atoms with Gasteiger partial charge >= 0.3 is 11.8 Å². The number of amides is 3. The lowest BCUT2D eigenvalue weighted by Crippen LogP contribution is -2.32. The van der Waals surface area contributed by atoms with E-state index in [4.69, 9.17) is 13.9 Å². The Kier molecular flexibility index (Phi) is 9.44. The Balaban J connectivity index is 1.15. The molecule has 0 aliphatic heterocycles. The number of hydrazone groups is 1. The number of carbonyl (C=O) groups is 3. The third kappa shape index (κ3) is 8.90. The summed E-state index contributed by atoms with van der Waals surface area (Å²) in [5.41, 5.74) is 4.31. The van der Waals surface area contributed by atoms with Gasteiger partial charge in [0.05, 0.1) is 19.0 Å². The third-order valence-electron chi connectivity index (χ3n) is 5.24. The van der Waals surface area contributed by atoms with Crippen LogP contribution >= 0.6 is 0 Å². The van der Waals surface area contributed by atoms with E-state index >= 15 is 0 Å². The highest BCUT2D eigenvalue weighted by Gasteiger charge is 2.13. The van der Waals surface area contributed by atoms with Gasteiger partial charge in [0.1, 0.15) is 23.9 Å². The zero-order chi connectivity index (χ0) is 27.3. The number of anilines is 1. The van der Waals surface area contributed by atoms with Crippen LogP contribution in [0.5, 0.6) is 11.5 Å². The first kappa shape index (κ1) is 26.7. The van der Waals surface area contributed by atoms with Crippen molar-refractivity contribution in [2.45, 2.75) is 13.2 Å². The molecule has 10 nitrogen and oxygen atoms in total. The molecule has 0 aliphatic rings. The topological polar surface area (TPSA) is 131 Å². The van der Waals surface area contributed by atoms with Crippen molar-refractivity contribution >= 4 is 29.6 Å². The van der Waals surface area contributed by atoms with Crippen LogP contribution in [0.3, 0.4) is 0 Å². The van der Waals surface area contributed by atoms with Gasteiger partial charge in [-0.15, -0.1) is 0 Å². The smallest absolute Gasteiger partial charge is 0.329 e. The summed E-state index contributed by atoms with van der Waals surface area (Å²) >= 11 is 0. The van der Waals surface area contributed by atoms with E-state index in [1.54, 1.807) is 60.7 Å². The van der Waals surface area contributed by atoms with Gasteiger partial charge in [0.2, 0.25) is 0 Å². The quantitative estimate of drug-likeness (QED) is 0.155. The number of benzene rings is 3. The van der Waals surface area contributed by atoms with E-state index in [0.29, 0.717) is 35.1 Å². The molecule has 10 heteroatoms.